The molecule has 0 aromatic heterocycles. The molecule has 1 heterocycles. The van der Waals surface area contributed by atoms with E-state index in [0.717, 1.165) is 61.2 Å². The van der Waals surface area contributed by atoms with Crippen LogP contribution < -0.4 is 10.6 Å². The lowest BCUT2D eigenvalue weighted by molar-refractivity contribution is -0.135. The summed E-state index contributed by atoms with van der Waals surface area (Å²) in [6, 6.07) is 17.1. The number of methoxy groups -OCH3 is 1. The van der Waals surface area contributed by atoms with E-state index in [-0.39, 0.29) is 18.4 Å². The first-order valence-electron chi connectivity index (χ1n) is 14.6. The van der Waals surface area contributed by atoms with E-state index in [9.17, 15) is 9.59 Å². The van der Waals surface area contributed by atoms with Crippen LogP contribution in [0.15, 0.2) is 90.7 Å². The molecule has 1 saturated carbocycles. The van der Waals surface area contributed by atoms with Crippen LogP contribution in [0.25, 0.3) is 11.1 Å². The van der Waals surface area contributed by atoms with Crippen LogP contribution in [0.3, 0.4) is 0 Å². The number of benzene rings is 2. The molecule has 0 radical (unpaired) electrons. The molecule has 2 amide bonds. The first kappa shape index (κ1) is 30.3. The summed E-state index contributed by atoms with van der Waals surface area (Å²) in [5, 5.41) is 6.45. The van der Waals surface area contributed by atoms with Gasteiger partial charge in [-0.3, -0.25) is 9.59 Å². The highest BCUT2D eigenvalue weighted by Crippen LogP contribution is 2.37. The van der Waals surface area contributed by atoms with Crippen LogP contribution in [0.4, 0.5) is 0 Å². The zero-order valence-electron chi connectivity index (χ0n) is 24.3. The Hall–Kier alpha value is -3.68. The second-order valence-corrected chi connectivity index (χ2v) is 10.6. The van der Waals surface area contributed by atoms with Crippen molar-refractivity contribution >= 4 is 11.8 Å². The van der Waals surface area contributed by atoms with Crippen LogP contribution >= 0.6 is 0 Å². The van der Waals surface area contributed by atoms with Gasteiger partial charge in [0, 0.05) is 37.2 Å². The summed E-state index contributed by atoms with van der Waals surface area (Å²) in [7, 11) is 1.66. The van der Waals surface area contributed by atoms with Crippen LogP contribution in [-0.4, -0.2) is 68.8 Å². The van der Waals surface area contributed by atoms with Crippen molar-refractivity contribution in [2.75, 3.05) is 40.0 Å². The number of ether oxygens (including phenoxy) is 2. The molecular formula is C34H43N3O4. The third-order valence-corrected chi connectivity index (χ3v) is 7.71. The first-order valence-corrected chi connectivity index (χ1v) is 14.6. The number of nitrogens with zero attached hydrogens (tertiary/aromatic N) is 1. The van der Waals surface area contributed by atoms with Gasteiger partial charge < -0.3 is 25.0 Å². The molecule has 0 spiro atoms. The lowest BCUT2D eigenvalue weighted by Gasteiger charge is -2.30. The van der Waals surface area contributed by atoms with Gasteiger partial charge in [0.15, 0.2) is 0 Å². The largest absolute Gasteiger partial charge is 0.497 e. The Morgan fingerprint density at radius 1 is 1.02 bits per heavy atom. The summed E-state index contributed by atoms with van der Waals surface area (Å²) in [5.74, 6) is 0.870. The van der Waals surface area contributed by atoms with Gasteiger partial charge in [-0.1, -0.05) is 60.7 Å². The van der Waals surface area contributed by atoms with E-state index in [1.807, 2.05) is 72.5 Å². The van der Waals surface area contributed by atoms with E-state index in [1.54, 1.807) is 19.2 Å². The molecule has 7 nitrogen and oxygen atoms in total. The number of rotatable bonds is 14. The standard InChI is InChI=1S/C34H43N3O4/c1-4-29(40-3)18-13-25(2)30-23-31(30)35-19-22-41-24-32(34(39)37-20-9-6-10-21-37)36-33(38)28-16-14-27(15-17-28)26-11-7-5-8-12-26/h4-5,7-8,11-18,30-32,35H,2,6,9-10,19-24H2,1,3H3,(H,36,38)/b18-13-,29-4+/t30-,31?,32-/m0/s1. The number of carbonyl (C=O) groups is 2. The number of carbonyl (C=O) groups excluding carboxylic acids is 2. The number of amides is 2. The van der Waals surface area contributed by atoms with Crippen LogP contribution in [-0.2, 0) is 14.3 Å². The highest BCUT2D eigenvalue weighted by atomic mass is 16.5. The monoisotopic (exact) mass is 557 g/mol. The van der Waals surface area contributed by atoms with E-state index in [4.69, 9.17) is 9.47 Å². The van der Waals surface area contributed by atoms with Gasteiger partial charge in [0.25, 0.3) is 5.91 Å². The Kier molecular flexibility index (Phi) is 11.3. The number of hydrogen-bond donors (Lipinski definition) is 2. The highest BCUT2D eigenvalue weighted by Gasteiger charge is 2.37. The summed E-state index contributed by atoms with van der Waals surface area (Å²) in [6.07, 6.45) is 10.0. The highest BCUT2D eigenvalue weighted by molar-refractivity contribution is 5.98. The van der Waals surface area contributed by atoms with Crippen molar-refractivity contribution in [3.05, 3.63) is 96.3 Å². The Morgan fingerprint density at radius 2 is 1.73 bits per heavy atom. The third-order valence-electron chi connectivity index (χ3n) is 7.71. The van der Waals surface area contributed by atoms with E-state index in [0.29, 0.717) is 30.7 Å². The minimum Gasteiger partial charge on any atom is -0.497 e. The molecule has 7 heteroatoms. The van der Waals surface area contributed by atoms with Crippen molar-refractivity contribution in [2.24, 2.45) is 5.92 Å². The summed E-state index contributed by atoms with van der Waals surface area (Å²) in [5.41, 5.74) is 3.72. The molecule has 2 aromatic rings. The summed E-state index contributed by atoms with van der Waals surface area (Å²) < 4.78 is 11.2. The maximum absolute atomic E-state index is 13.3. The molecule has 218 valence electrons. The quantitative estimate of drug-likeness (QED) is 0.191. The van der Waals surface area contributed by atoms with Gasteiger partial charge in [-0.25, -0.2) is 0 Å². The van der Waals surface area contributed by atoms with Gasteiger partial charge in [0.05, 0.1) is 20.3 Å². The summed E-state index contributed by atoms with van der Waals surface area (Å²) in [4.78, 5) is 28.3. The maximum Gasteiger partial charge on any atom is 0.251 e. The Morgan fingerprint density at radius 3 is 2.41 bits per heavy atom. The fraction of sp³-hybridized carbons (Fsp3) is 0.412. The van der Waals surface area contributed by atoms with Crippen LogP contribution in [0.2, 0.25) is 0 Å². The third kappa shape index (κ3) is 8.90. The minimum absolute atomic E-state index is 0.0752. The molecule has 2 aromatic carbocycles. The van der Waals surface area contributed by atoms with Crippen LogP contribution in [0.5, 0.6) is 0 Å². The number of likely N-dealkylation sites (tertiary alicyclic amines) is 1. The van der Waals surface area contributed by atoms with Crippen molar-refractivity contribution in [1.82, 2.24) is 15.5 Å². The zero-order chi connectivity index (χ0) is 29.0. The second kappa shape index (κ2) is 15.4. The average Bonchev–Trinajstić information content (AvgIpc) is 3.81. The van der Waals surface area contributed by atoms with Crippen molar-refractivity contribution in [2.45, 2.75) is 44.7 Å². The van der Waals surface area contributed by atoms with Crippen molar-refractivity contribution in [3.8, 4) is 11.1 Å². The summed E-state index contributed by atoms with van der Waals surface area (Å²) >= 11 is 0. The fourth-order valence-corrected chi connectivity index (χ4v) is 5.14. The first-order chi connectivity index (χ1) is 20.0. The SMILES string of the molecule is C=C(/C=C\C(=C/C)OC)[C@@H]1CC1NCCOC[C@H](NC(=O)c1ccc(-c2ccccc2)cc1)C(=O)N1CCCCC1. The number of hydrogen-bond acceptors (Lipinski definition) is 5. The Bertz CT molecular complexity index is 1220. The predicted octanol–water partition coefficient (Wildman–Crippen LogP) is 5.12. The summed E-state index contributed by atoms with van der Waals surface area (Å²) in [6.45, 7) is 8.82. The molecule has 1 unspecified atom stereocenters. The molecule has 1 aliphatic carbocycles. The average molecular weight is 558 g/mol. The topological polar surface area (TPSA) is 79.9 Å². The molecule has 3 atom stereocenters. The van der Waals surface area contributed by atoms with E-state index in [1.165, 1.54) is 0 Å². The van der Waals surface area contributed by atoms with Gasteiger partial charge in [0.1, 0.15) is 11.8 Å². The van der Waals surface area contributed by atoms with Crippen LogP contribution in [0, 0.1) is 5.92 Å². The zero-order valence-corrected chi connectivity index (χ0v) is 24.3. The normalized spacial score (nSPS) is 19.6. The van der Waals surface area contributed by atoms with E-state index in [2.05, 4.69) is 17.2 Å². The molecule has 4 rings (SSSR count). The number of piperidine rings is 1. The lowest BCUT2D eigenvalue weighted by Crippen LogP contribution is -2.52. The molecule has 1 aliphatic heterocycles. The second-order valence-electron chi connectivity index (χ2n) is 10.6. The molecule has 2 fully saturated rings. The molecular weight excluding hydrogens is 514 g/mol. The smallest absolute Gasteiger partial charge is 0.251 e. The minimum atomic E-state index is -0.727. The van der Waals surface area contributed by atoms with Gasteiger partial charge in [-0.05, 0) is 68.0 Å². The lowest BCUT2D eigenvalue weighted by atomic mass is 10.0. The number of allylic oxidation sites excluding steroid dienone is 3. The molecule has 41 heavy (non-hydrogen) atoms. The van der Waals surface area contributed by atoms with Crippen molar-refractivity contribution in [1.29, 1.82) is 0 Å². The molecule has 0 bridgehead atoms. The number of nitrogens with one attached hydrogen (secondary N) is 2. The van der Waals surface area contributed by atoms with Crippen LogP contribution in [0.1, 0.15) is 43.0 Å². The van der Waals surface area contributed by atoms with E-state index >= 15 is 0 Å². The van der Waals surface area contributed by atoms with Crippen molar-refractivity contribution < 1.29 is 19.1 Å². The predicted molar refractivity (Wildman–Crippen MR) is 163 cm³/mol. The van der Waals surface area contributed by atoms with Crippen molar-refractivity contribution in [3.63, 3.8) is 0 Å². The fourth-order valence-electron chi connectivity index (χ4n) is 5.14. The van der Waals surface area contributed by atoms with Gasteiger partial charge in [0.2, 0.25) is 5.91 Å². The molecule has 1 saturated heterocycles. The van der Waals surface area contributed by atoms with Gasteiger partial charge >= 0.3 is 0 Å². The van der Waals surface area contributed by atoms with E-state index < -0.39 is 6.04 Å². The Balaban J connectivity index is 1.26. The Labute approximate surface area is 244 Å². The maximum atomic E-state index is 13.3. The molecule has 2 aliphatic rings. The van der Waals surface area contributed by atoms with Gasteiger partial charge in [-0.15, -0.1) is 0 Å². The van der Waals surface area contributed by atoms with Gasteiger partial charge in [-0.2, -0.15) is 0 Å². The molecule has 2 N–H and O–H groups in total.